The van der Waals surface area contributed by atoms with Crippen molar-refractivity contribution in [2.45, 2.75) is 52.4 Å². The van der Waals surface area contributed by atoms with Crippen LogP contribution in [0.3, 0.4) is 0 Å². The molecule has 0 saturated heterocycles. The summed E-state index contributed by atoms with van der Waals surface area (Å²) in [5, 5.41) is 5.11. The fourth-order valence-electron chi connectivity index (χ4n) is 17.2. The van der Waals surface area contributed by atoms with E-state index in [2.05, 4.69) is 385 Å². The fraction of sp³-hybridized carbons (Fsp3) is 0.0769. The van der Waals surface area contributed by atoms with Gasteiger partial charge in [0.2, 0.25) is 0 Å². The average molecular weight is 1420 g/mol. The van der Waals surface area contributed by atoms with Crippen molar-refractivity contribution in [1.29, 1.82) is 0 Å². The molecule has 5 heteroatoms. The van der Waals surface area contributed by atoms with Gasteiger partial charge >= 0.3 is 0 Å². The van der Waals surface area contributed by atoms with Gasteiger partial charge in [0.05, 0.1) is 33.4 Å². The van der Waals surface area contributed by atoms with E-state index in [4.69, 9.17) is 2.74 Å². The minimum atomic E-state index is -2.97. The van der Waals surface area contributed by atoms with Crippen LogP contribution in [0.5, 0.6) is 0 Å². The second kappa shape index (κ2) is 26.9. The highest BCUT2D eigenvalue weighted by molar-refractivity contribution is 7.20. The zero-order valence-electron chi connectivity index (χ0n) is 69.8. The lowest BCUT2D eigenvalue weighted by atomic mass is 9.33. The van der Waals surface area contributed by atoms with E-state index in [0.29, 0.717) is 5.69 Å². The van der Waals surface area contributed by atoms with E-state index < -0.39 is 51.0 Å². The molecular weight excluding hydrogens is 1330 g/mol. The van der Waals surface area contributed by atoms with E-state index in [1.54, 1.807) is 4.57 Å². The van der Waals surface area contributed by atoms with Crippen molar-refractivity contribution in [3.05, 3.63) is 399 Å². The van der Waals surface area contributed by atoms with Gasteiger partial charge in [0.25, 0.3) is 6.71 Å². The molecule has 0 amide bonds. The van der Waals surface area contributed by atoms with Gasteiger partial charge in [-0.25, -0.2) is 0 Å². The zero-order chi connectivity index (χ0) is 80.5. The van der Waals surface area contributed by atoms with Gasteiger partial charge in [0.1, 0.15) is 0 Å². The van der Waals surface area contributed by atoms with Crippen molar-refractivity contribution >= 4 is 108 Å². The molecule has 2 aliphatic rings. The summed E-state index contributed by atoms with van der Waals surface area (Å²) >= 11 is 0. The Hall–Kier alpha value is -12.8. The lowest BCUT2D eigenvalue weighted by Gasteiger charge is -2.46. The summed E-state index contributed by atoms with van der Waals surface area (Å²) in [5.41, 5.74) is 22.7. The number of hydrogen-bond donors (Lipinski definition) is 0. The van der Waals surface area contributed by atoms with Crippen LogP contribution >= 0.6 is 0 Å². The average Bonchev–Trinajstić information content (AvgIpc) is 1.66. The maximum absolute atomic E-state index is 9.93. The van der Waals surface area contributed by atoms with Crippen molar-refractivity contribution < 1.29 is 11.0 Å². The number of hydrogen-bond acceptors (Lipinski definition) is 2. The maximum Gasteiger partial charge on any atom is 0.252 e. The zero-order valence-corrected chi connectivity index (χ0v) is 62.8. The van der Waals surface area contributed by atoms with Crippen LogP contribution in [0.4, 0.5) is 34.1 Å². The molecule has 0 N–H and O–H groups in total. The van der Waals surface area contributed by atoms with Gasteiger partial charge in [0.15, 0.2) is 8.07 Å². The third-order valence-electron chi connectivity index (χ3n) is 22.5. The quantitative estimate of drug-likeness (QED) is 0.0842. The van der Waals surface area contributed by atoms with E-state index in [1.165, 1.54) is 26.3 Å². The molecule has 0 spiro atoms. The second-order valence-corrected chi connectivity index (χ2v) is 34.7. The molecule has 0 radical (unpaired) electrons. The first kappa shape index (κ1) is 58.4. The van der Waals surface area contributed by atoms with E-state index in [1.807, 2.05) is 6.07 Å². The van der Waals surface area contributed by atoms with E-state index in [9.17, 15) is 8.22 Å². The molecule has 19 rings (SSSR count). The normalized spacial score (nSPS) is 13.7. The Morgan fingerprint density at radius 3 is 1.04 bits per heavy atom. The number of fused-ring (bicyclic) bond motifs is 7. The Kier molecular flexibility index (Phi) is 14.4. The van der Waals surface area contributed by atoms with Crippen LogP contribution in [0.15, 0.2) is 388 Å². The Bertz CT molecular complexity index is 6490. The molecule has 2 aliphatic heterocycles. The van der Waals surface area contributed by atoms with Crippen LogP contribution in [0.2, 0.25) is 0 Å². The highest BCUT2D eigenvalue weighted by Crippen LogP contribution is 2.55. The predicted molar refractivity (Wildman–Crippen MR) is 468 cm³/mol. The Morgan fingerprint density at radius 1 is 0.284 bits per heavy atom. The lowest BCUT2D eigenvalue weighted by molar-refractivity contribution is 0.590. The van der Waals surface area contributed by atoms with Crippen LogP contribution in [-0.2, 0) is 10.8 Å². The van der Waals surface area contributed by atoms with Crippen LogP contribution < -0.4 is 46.9 Å². The molecule has 3 heterocycles. The molecule has 0 atom stereocenters. The summed E-state index contributed by atoms with van der Waals surface area (Å²) < 4.78 is 77.9. The predicted octanol–water partition coefficient (Wildman–Crippen LogP) is 22.8. The molecule has 0 saturated carbocycles. The molecular formula is C104H82BN3Si. The smallest absolute Gasteiger partial charge is 0.252 e. The summed E-state index contributed by atoms with van der Waals surface area (Å²) in [6.07, 6.45) is 0. The summed E-state index contributed by atoms with van der Waals surface area (Å²) in [6, 6.07) is 120. The van der Waals surface area contributed by atoms with Crippen LogP contribution in [0.1, 0.15) is 63.6 Å². The standard InChI is InChI=1S/C104H82BN3Si/c1-103(2,3)79-66-88(73-37-17-8-18-38-73)101(89(67-79)74-39-19-9-20-40-74)107-96-62-57-77(72-55-59-85(60-56-72)109(82-45-25-12-26-46-82,83-47-27-13-28-48-83)84-49-29-14-30-50-84)63-93(96)105-92-61-58-81(106-94-53-33-31-51-86(94)87-52-32-34-54-95(87)106)70-97(92)108(99-65-78(64-98(107)100(99)105)71-35-15-7-16-36-71)102-90(75-41-21-10-22-42-75)68-80(104(4,5)6)69-91(102)76-43-23-11-24-44-76/h7-70H,1-6H3/i31D,32D,33D,34D,51D,52D,53D,54D. The molecule has 17 aromatic rings. The van der Waals surface area contributed by atoms with Gasteiger partial charge in [0, 0.05) is 61.5 Å². The summed E-state index contributed by atoms with van der Waals surface area (Å²) in [6.45, 7) is 13.1. The van der Waals surface area contributed by atoms with Gasteiger partial charge in [-0.15, -0.1) is 0 Å². The summed E-state index contributed by atoms with van der Waals surface area (Å²) in [5.74, 6) is 0. The number of anilines is 6. The number of nitrogens with zero attached hydrogens (tertiary/aromatic N) is 3. The Labute approximate surface area is 653 Å². The maximum atomic E-state index is 9.93. The van der Waals surface area contributed by atoms with Gasteiger partial charge in [-0.3, -0.25) is 0 Å². The minimum Gasteiger partial charge on any atom is -0.310 e. The van der Waals surface area contributed by atoms with Crippen molar-refractivity contribution in [3.8, 4) is 72.4 Å². The molecule has 0 fully saturated rings. The highest BCUT2D eigenvalue weighted by Gasteiger charge is 2.47. The summed E-state index contributed by atoms with van der Waals surface area (Å²) in [7, 11) is -2.97. The lowest BCUT2D eigenvalue weighted by Crippen LogP contribution is -2.74. The van der Waals surface area contributed by atoms with Crippen molar-refractivity contribution in [3.63, 3.8) is 0 Å². The molecule has 0 aliphatic carbocycles. The first-order chi connectivity index (χ1) is 56.7. The molecule has 16 aromatic carbocycles. The largest absolute Gasteiger partial charge is 0.310 e. The Morgan fingerprint density at radius 2 is 0.633 bits per heavy atom. The van der Waals surface area contributed by atoms with Crippen molar-refractivity contribution in [2.75, 3.05) is 9.80 Å². The van der Waals surface area contributed by atoms with Gasteiger partial charge in [-0.05, 0) is 170 Å². The monoisotopic (exact) mass is 1420 g/mol. The molecule has 0 unspecified atom stereocenters. The Balaban J connectivity index is 0.987. The SMILES string of the molecule is [2H]c1c([2H])c([2H])c2c(c1[2H])c1c([2H])c([2H])c([2H])c([2H])c1n2-c1ccc2c(c1)N(c1c(-c3ccccc3)cc(C(C)(C)C)cc1-c1ccccc1)c1cc(-c3ccccc3)cc3c1B2c1cc(-c2ccc([Si](c4ccccc4)(c4ccccc4)c4ccccc4)cc2)ccc1N3c1c(-c2ccccc2)cc(C(C)(C)C)cc1-c1ccccc1. The molecule has 0 bridgehead atoms. The number of aromatic nitrogens is 1. The van der Waals surface area contributed by atoms with Gasteiger partial charge in [-0.2, -0.15) is 0 Å². The highest BCUT2D eigenvalue weighted by atomic mass is 28.3. The molecule has 3 nitrogen and oxygen atoms in total. The topological polar surface area (TPSA) is 11.4 Å². The third kappa shape index (κ3) is 11.4. The number of para-hydroxylation sites is 2. The van der Waals surface area contributed by atoms with E-state index in [-0.39, 0.29) is 44.7 Å². The summed E-state index contributed by atoms with van der Waals surface area (Å²) in [4.78, 5) is 5.04. The van der Waals surface area contributed by atoms with Crippen LogP contribution in [0.25, 0.3) is 94.3 Å². The van der Waals surface area contributed by atoms with E-state index in [0.717, 1.165) is 123 Å². The first-order valence-electron chi connectivity index (χ1n) is 41.7. The van der Waals surface area contributed by atoms with Crippen LogP contribution in [0, 0.1) is 0 Å². The minimum absolute atomic E-state index is 0.00549. The number of benzene rings is 16. The second-order valence-electron chi connectivity index (χ2n) is 30.9. The third-order valence-corrected chi connectivity index (χ3v) is 27.3. The molecule has 520 valence electrons. The number of rotatable bonds is 13. The van der Waals surface area contributed by atoms with Crippen LogP contribution in [-0.4, -0.2) is 19.4 Å². The molecule has 109 heavy (non-hydrogen) atoms. The van der Waals surface area contributed by atoms with Gasteiger partial charge in [-0.1, -0.05) is 363 Å². The van der Waals surface area contributed by atoms with Crippen molar-refractivity contribution in [2.24, 2.45) is 0 Å². The van der Waals surface area contributed by atoms with Crippen molar-refractivity contribution in [1.82, 2.24) is 4.57 Å². The first-order valence-corrected chi connectivity index (χ1v) is 39.7. The fourth-order valence-corrected chi connectivity index (χ4v) is 22.0. The molecule has 1 aromatic heterocycles. The van der Waals surface area contributed by atoms with E-state index >= 15 is 0 Å². The van der Waals surface area contributed by atoms with Gasteiger partial charge < -0.3 is 14.4 Å².